The molecule has 0 spiro atoms. The Morgan fingerprint density at radius 1 is 1.18 bits per heavy atom. The smallest absolute Gasteiger partial charge is 0.480 e. The Kier molecular flexibility index (Phi) is 11.0. The zero-order valence-electron chi connectivity index (χ0n) is 26.1. The summed E-state index contributed by atoms with van der Waals surface area (Å²) in [5.74, 6) is -6.28. The first-order valence-electron chi connectivity index (χ1n) is 15.0. The van der Waals surface area contributed by atoms with Gasteiger partial charge in [0.2, 0.25) is 12.1 Å². The number of likely N-dealkylation sites (tertiary alicyclic amines) is 1. The third-order valence-corrected chi connectivity index (χ3v) is 9.92. The molecule has 2 aliphatic heterocycles. The predicted octanol–water partition coefficient (Wildman–Crippen LogP) is 3.80. The number of aliphatic carboxylic acids is 1. The van der Waals surface area contributed by atoms with Crippen molar-refractivity contribution in [2.75, 3.05) is 25.5 Å². The standard InChI is InChI=1S/C30H33ClF2N5O10P/c1-18(27(41)42)38(47-20-12-10-19(31)11-13-20)49(44,48-21-7-4-3-5-8-21)45-17-23-25(39)30(32,33)28(46-23)37-16-14-24(35-29(37)43)34-26(40)22-9-6-15-36(22)2/h3-5,7-8,10-14,16,18,22-23,25,28,39H,6,9,15,17H2,1-2H3,(H,41,42)(H,34,35,40,43)/t18-,22-,23+,25+,28?,49?/m0/s1. The van der Waals surface area contributed by atoms with E-state index in [4.69, 9.17) is 30.2 Å². The van der Waals surface area contributed by atoms with Gasteiger partial charge < -0.3 is 29.6 Å². The maximum Gasteiger partial charge on any atom is 0.494 e. The minimum absolute atomic E-state index is 0.0245. The molecule has 15 nitrogen and oxygen atoms in total. The fourth-order valence-corrected chi connectivity index (χ4v) is 6.98. The van der Waals surface area contributed by atoms with Crippen molar-refractivity contribution < 1.29 is 51.8 Å². The number of hydrogen-bond acceptors (Lipinski definition) is 11. The summed E-state index contributed by atoms with van der Waals surface area (Å²) in [7, 11) is -3.18. The second kappa shape index (κ2) is 14.9. The highest BCUT2D eigenvalue weighted by molar-refractivity contribution is 7.51. The van der Waals surface area contributed by atoms with E-state index >= 15 is 8.78 Å². The molecular formula is C30H33ClF2N5O10P. The van der Waals surface area contributed by atoms with E-state index in [1.165, 1.54) is 48.5 Å². The lowest BCUT2D eigenvalue weighted by Crippen LogP contribution is -2.43. The molecule has 1 aromatic heterocycles. The third kappa shape index (κ3) is 8.10. The van der Waals surface area contributed by atoms with Crippen LogP contribution in [-0.4, -0.2) is 91.8 Å². The molecule has 0 bridgehead atoms. The summed E-state index contributed by atoms with van der Waals surface area (Å²) in [5.41, 5.74) is -1.22. The topological polar surface area (TPSA) is 182 Å². The quantitative estimate of drug-likeness (QED) is 0.171. The zero-order chi connectivity index (χ0) is 35.5. The van der Waals surface area contributed by atoms with Crippen LogP contribution in [0.15, 0.2) is 71.7 Å². The molecule has 6 atom stereocenters. The lowest BCUT2D eigenvalue weighted by Gasteiger charge is -2.32. The van der Waals surface area contributed by atoms with Crippen LogP contribution in [0.1, 0.15) is 26.0 Å². The summed E-state index contributed by atoms with van der Waals surface area (Å²) in [5, 5.41) is 23.2. The SMILES string of the molecule is C[C@@H](C(=O)O)N(Oc1ccc(Cl)cc1)P(=O)(OC[C@H]1OC(n2ccc(NC(=O)[C@@H]3CCCN3C)nc2=O)C(F)(F)[C@@H]1O)Oc1ccccc1. The second-order valence-electron chi connectivity index (χ2n) is 11.3. The molecule has 1 amide bonds. The van der Waals surface area contributed by atoms with Gasteiger partial charge in [-0.15, -0.1) is 0 Å². The first-order valence-corrected chi connectivity index (χ1v) is 16.8. The Morgan fingerprint density at radius 2 is 1.88 bits per heavy atom. The minimum atomic E-state index is -4.96. The molecule has 2 unspecified atom stereocenters. The van der Waals surface area contributed by atoms with Crippen molar-refractivity contribution in [2.45, 2.75) is 56.2 Å². The number of likely N-dealkylation sites (N-methyl/N-ethyl adjacent to an activating group) is 1. The van der Waals surface area contributed by atoms with Crippen molar-refractivity contribution in [3.63, 3.8) is 0 Å². The molecule has 2 fully saturated rings. The summed E-state index contributed by atoms with van der Waals surface area (Å²) < 4.78 is 62.2. The molecule has 264 valence electrons. The van der Waals surface area contributed by atoms with Crippen LogP contribution in [0.3, 0.4) is 0 Å². The number of hydroxylamine groups is 1. The van der Waals surface area contributed by atoms with E-state index in [1.807, 2.05) is 4.90 Å². The molecule has 0 aliphatic carbocycles. The van der Waals surface area contributed by atoms with E-state index < -0.39 is 68.4 Å². The van der Waals surface area contributed by atoms with Crippen LogP contribution in [0.4, 0.5) is 14.6 Å². The second-order valence-corrected chi connectivity index (χ2v) is 13.5. The first kappa shape index (κ1) is 36.3. The maximum atomic E-state index is 15.4. The van der Waals surface area contributed by atoms with E-state index in [2.05, 4.69) is 10.3 Å². The highest BCUT2D eigenvalue weighted by atomic mass is 35.5. The lowest BCUT2D eigenvalue weighted by molar-refractivity contribution is -0.150. The van der Waals surface area contributed by atoms with Crippen molar-refractivity contribution >= 4 is 37.0 Å². The number of carbonyl (C=O) groups excluding carboxylic acids is 1. The van der Waals surface area contributed by atoms with E-state index in [1.54, 1.807) is 13.1 Å². The number of nitrogens with zero attached hydrogens (tertiary/aromatic N) is 4. The number of carboxylic acid groups (broad SMARTS) is 1. The van der Waals surface area contributed by atoms with Crippen molar-refractivity contribution in [3.8, 4) is 11.5 Å². The van der Waals surface area contributed by atoms with E-state index in [9.17, 15) is 29.2 Å². The van der Waals surface area contributed by atoms with Crippen LogP contribution >= 0.6 is 19.3 Å². The number of amides is 1. The van der Waals surface area contributed by atoms with E-state index in [0.29, 0.717) is 27.4 Å². The number of alkyl halides is 2. The van der Waals surface area contributed by atoms with E-state index in [-0.39, 0.29) is 17.3 Å². The summed E-state index contributed by atoms with van der Waals surface area (Å²) >= 11 is 5.93. The number of carboxylic acids is 1. The van der Waals surface area contributed by atoms with Crippen molar-refractivity contribution in [3.05, 3.63) is 82.4 Å². The summed E-state index contributed by atoms with van der Waals surface area (Å²) in [6.45, 7) is 0.787. The predicted molar refractivity (Wildman–Crippen MR) is 169 cm³/mol. The van der Waals surface area contributed by atoms with Gasteiger partial charge in [-0.3, -0.25) is 23.6 Å². The van der Waals surface area contributed by atoms with Gasteiger partial charge in [0.15, 0.2) is 12.1 Å². The zero-order valence-corrected chi connectivity index (χ0v) is 27.7. The van der Waals surface area contributed by atoms with Gasteiger partial charge >= 0.3 is 25.3 Å². The Balaban J connectivity index is 1.38. The van der Waals surface area contributed by atoms with Crippen LogP contribution < -0.4 is 20.4 Å². The average molecular weight is 728 g/mol. The molecule has 2 aliphatic rings. The minimum Gasteiger partial charge on any atom is -0.480 e. The van der Waals surface area contributed by atoms with Crippen LogP contribution in [0.2, 0.25) is 5.02 Å². The van der Waals surface area contributed by atoms with Crippen LogP contribution in [0.25, 0.3) is 0 Å². The number of carbonyl (C=O) groups is 2. The van der Waals surface area contributed by atoms with Crippen molar-refractivity contribution in [1.82, 2.24) is 19.3 Å². The maximum absolute atomic E-state index is 15.4. The molecule has 2 saturated heterocycles. The largest absolute Gasteiger partial charge is 0.494 e. The summed E-state index contributed by atoms with van der Waals surface area (Å²) in [4.78, 5) is 49.1. The van der Waals surface area contributed by atoms with Crippen LogP contribution in [0.5, 0.6) is 11.5 Å². The lowest BCUT2D eigenvalue weighted by atomic mass is 10.1. The highest BCUT2D eigenvalue weighted by Crippen LogP contribution is 2.54. The number of nitrogens with one attached hydrogen (secondary N) is 1. The molecule has 0 radical (unpaired) electrons. The van der Waals surface area contributed by atoms with Gasteiger partial charge in [0.05, 0.1) is 12.6 Å². The molecule has 2 aromatic carbocycles. The van der Waals surface area contributed by atoms with Crippen LogP contribution in [0, 0.1) is 0 Å². The fourth-order valence-electron chi connectivity index (χ4n) is 5.16. The Morgan fingerprint density at radius 3 is 2.49 bits per heavy atom. The Bertz CT molecular complexity index is 1750. The van der Waals surface area contributed by atoms with Gasteiger partial charge in [-0.2, -0.15) is 13.8 Å². The number of ether oxygens (including phenoxy) is 1. The molecule has 5 rings (SSSR count). The molecule has 19 heteroatoms. The van der Waals surface area contributed by atoms with Gasteiger partial charge in [-0.05, 0) is 80.7 Å². The number of anilines is 1. The third-order valence-electron chi connectivity index (χ3n) is 7.85. The van der Waals surface area contributed by atoms with Gasteiger partial charge in [0, 0.05) is 11.2 Å². The molecule has 0 saturated carbocycles. The molecule has 3 heterocycles. The summed E-state index contributed by atoms with van der Waals surface area (Å²) in [6, 6.07) is 12.0. The van der Waals surface area contributed by atoms with Gasteiger partial charge in [0.25, 0.3) is 0 Å². The number of aliphatic hydroxyl groups excluding tert-OH is 1. The Labute approximate surface area is 283 Å². The average Bonchev–Trinajstić information content (AvgIpc) is 3.59. The normalized spacial score (nSPS) is 23.9. The first-order chi connectivity index (χ1) is 23.2. The number of benzene rings is 2. The van der Waals surface area contributed by atoms with Gasteiger partial charge in [0.1, 0.15) is 23.4 Å². The van der Waals surface area contributed by atoms with Gasteiger partial charge in [-0.25, -0.2) is 9.36 Å². The van der Waals surface area contributed by atoms with E-state index in [0.717, 1.165) is 25.6 Å². The monoisotopic (exact) mass is 727 g/mol. The van der Waals surface area contributed by atoms with Crippen molar-refractivity contribution in [2.24, 2.45) is 0 Å². The highest BCUT2D eigenvalue weighted by Gasteiger charge is 2.60. The molecule has 3 aromatic rings. The fraction of sp³-hybridized carbons (Fsp3) is 0.400. The molecule has 49 heavy (non-hydrogen) atoms. The number of aromatic nitrogens is 2. The molecule has 3 N–H and O–H groups in total. The summed E-state index contributed by atoms with van der Waals surface area (Å²) in [6.07, 6.45) is -4.58. The van der Waals surface area contributed by atoms with Crippen LogP contribution in [-0.2, 0) is 23.4 Å². The molecular weight excluding hydrogens is 695 g/mol. The number of aliphatic hydroxyl groups is 1. The number of hydrogen-bond donors (Lipinski definition) is 3. The number of rotatable bonds is 13. The Hall–Kier alpha value is -3.96. The van der Waals surface area contributed by atoms with Crippen molar-refractivity contribution in [1.29, 1.82) is 0 Å². The number of halogens is 3. The van der Waals surface area contributed by atoms with Gasteiger partial charge in [-0.1, -0.05) is 29.8 Å². The number of para-hydroxylation sites is 1.